The number of nitrogens with one attached hydrogen (secondary N) is 1. The highest BCUT2D eigenvalue weighted by molar-refractivity contribution is 5.85. The minimum atomic E-state index is 0. The first-order valence-electron chi connectivity index (χ1n) is 5.99. The Kier molecular flexibility index (Phi) is 5.88. The molecule has 2 rings (SSSR count). The fourth-order valence-corrected chi connectivity index (χ4v) is 1.82. The first-order valence-corrected chi connectivity index (χ1v) is 5.99. The summed E-state index contributed by atoms with van der Waals surface area (Å²) in [4.78, 5) is 0. The van der Waals surface area contributed by atoms with Crippen molar-refractivity contribution in [1.29, 1.82) is 0 Å². The Morgan fingerprint density at radius 3 is 2.44 bits per heavy atom. The molecule has 0 amide bonds. The van der Waals surface area contributed by atoms with Gasteiger partial charge in [0, 0.05) is 39.1 Å². The number of hydrogen-bond acceptors (Lipinski definition) is 3. The van der Waals surface area contributed by atoms with Crippen LogP contribution in [-0.4, -0.2) is 19.6 Å². The van der Waals surface area contributed by atoms with E-state index in [9.17, 15) is 0 Å². The highest BCUT2D eigenvalue weighted by Gasteiger charge is 2.02. The summed E-state index contributed by atoms with van der Waals surface area (Å²) in [5, 5.41) is 11.8. The molecule has 0 unspecified atom stereocenters. The van der Waals surface area contributed by atoms with Crippen LogP contribution >= 0.6 is 12.4 Å². The molecule has 0 fully saturated rings. The third kappa shape index (κ3) is 3.58. The van der Waals surface area contributed by atoms with Gasteiger partial charge in [0.05, 0.1) is 11.4 Å². The Morgan fingerprint density at radius 1 is 1.11 bits per heavy atom. The van der Waals surface area contributed by atoms with Crippen molar-refractivity contribution in [2.75, 3.05) is 0 Å². The Morgan fingerprint density at radius 2 is 1.78 bits per heavy atom. The second-order valence-corrected chi connectivity index (χ2v) is 4.10. The Bertz CT molecular complexity index is 462. The van der Waals surface area contributed by atoms with Crippen LogP contribution in [0.2, 0.25) is 0 Å². The van der Waals surface area contributed by atoms with Crippen molar-refractivity contribution in [3.05, 3.63) is 35.9 Å². The van der Waals surface area contributed by atoms with Crippen molar-refractivity contribution in [2.45, 2.75) is 33.0 Å². The van der Waals surface area contributed by atoms with E-state index in [1.165, 1.54) is 11.4 Å². The van der Waals surface area contributed by atoms with E-state index in [-0.39, 0.29) is 12.4 Å². The van der Waals surface area contributed by atoms with Crippen molar-refractivity contribution in [3.8, 4) is 0 Å². The van der Waals surface area contributed by atoms with E-state index in [4.69, 9.17) is 0 Å². The molecule has 0 saturated carbocycles. The molecule has 2 aromatic heterocycles. The second kappa shape index (κ2) is 7.18. The third-order valence-corrected chi connectivity index (χ3v) is 2.77. The van der Waals surface area contributed by atoms with Crippen molar-refractivity contribution in [3.63, 3.8) is 0 Å². The van der Waals surface area contributed by atoms with E-state index >= 15 is 0 Å². The number of halogens is 1. The van der Waals surface area contributed by atoms with Crippen molar-refractivity contribution < 1.29 is 0 Å². The van der Waals surface area contributed by atoms with E-state index in [0.29, 0.717) is 0 Å². The van der Waals surface area contributed by atoms with Crippen LogP contribution < -0.4 is 5.32 Å². The molecular weight excluding hydrogens is 250 g/mol. The molecule has 18 heavy (non-hydrogen) atoms. The summed E-state index contributed by atoms with van der Waals surface area (Å²) in [6, 6.07) is 4.09. The largest absolute Gasteiger partial charge is 0.306 e. The van der Waals surface area contributed by atoms with Crippen LogP contribution in [-0.2, 0) is 26.7 Å². The fourth-order valence-electron chi connectivity index (χ4n) is 1.82. The zero-order valence-electron chi connectivity index (χ0n) is 10.8. The lowest BCUT2D eigenvalue weighted by Crippen LogP contribution is -2.18. The monoisotopic (exact) mass is 269 g/mol. The van der Waals surface area contributed by atoms with Gasteiger partial charge in [0.1, 0.15) is 0 Å². The Balaban J connectivity index is 0.00000162. The van der Waals surface area contributed by atoms with Gasteiger partial charge >= 0.3 is 0 Å². The van der Waals surface area contributed by atoms with Crippen LogP contribution in [0.5, 0.6) is 0 Å². The summed E-state index contributed by atoms with van der Waals surface area (Å²) in [6.45, 7) is 4.81. The molecule has 0 atom stereocenters. The maximum atomic E-state index is 4.30. The number of rotatable bonds is 6. The molecule has 5 nitrogen and oxygen atoms in total. The van der Waals surface area contributed by atoms with E-state index in [0.717, 1.165) is 26.1 Å². The van der Waals surface area contributed by atoms with E-state index in [1.54, 1.807) is 0 Å². The minimum Gasteiger partial charge on any atom is -0.306 e. The summed E-state index contributed by atoms with van der Waals surface area (Å²) < 4.78 is 3.94. The van der Waals surface area contributed by atoms with Gasteiger partial charge in [-0.3, -0.25) is 9.36 Å². The van der Waals surface area contributed by atoms with Gasteiger partial charge in [0.2, 0.25) is 0 Å². The molecule has 6 heteroatoms. The van der Waals surface area contributed by atoms with Crippen LogP contribution in [0.25, 0.3) is 0 Å². The quantitative estimate of drug-likeness (QED) is 0.869. The number of aryl methyl sites for hydroxylation is 2. The van der Waals surface area contributed by atoms with Gasteiger partial charge in [0.15, 0.2) is 0 Å². The normalized spacial score (nSPS) is 10.3. The molecular formula is C12H20ClN5. The average molecular weight is 270 g/mol. The standard InChI is InChI=1S/C12H19N5.ClH/c1-3-8-17-12(5-7-15-17)10-13-9-11-4-6-14-16(11)2;/h4-7,13H,3,8-10H2,1-2H3;1H. The topological polar surface area (TPSA) is 47.7 Å². The van der Waals surface area contributed by atoms with E-state index < -0.39 is 0 Å². The Hall–Kier alpha value is -1.33. The lowest BCUT2D eigenvalue weighted by Gasteiger charge is -2.07. The third-order valence-electron chi connectivity index (χ3n) is 2.77. The molecule has 0 aliphatic carbocycles. The molecule has 0 aliphatic rings. The molecule has 2 aromatic rings. The highest BCUT2D eigenvalue weighted by Crippen LogP contribution is 2.01. The number of hydrogen-bond donors (Lipinski definition) is 1. The van der Waals surface area contributed by atoms with Crippen molar-refractivity contribution in [2.24, 2.45) is 7.05 Å². The van der Waals surface area contributed by atoms with Gasteiger partial charge in [-0.2, -0.15) is 10.2 Å². The molecule has 0 radical (unpaired) electrons. The lowest BCUT2D eigenvalue weighted by atomic mass is 10.3. The number of aromatic nitrogens is 4. The Labute approximate surface area is 114 Å². The van der Waals surface area contributed by atoms with Crippen LogP contribution in [0.15, 0.2) is 24.5 Å². The summed E-state index contributed by atoms with van der Waals surface area (Å²) in [6.07, 6.45) is 4.78. The van der Waals surface area contributed by atoms with Crippen molar-refractivity contribution in [1.82, 2.24) is 24.9 Å². The zero-order chi connectivity index (χ0) is 12.1. The predicted molar refractivity (Wildman–Crippen MR) is 73.5 cm³/mol. The SMILES string of the molecule is CCCn1nccc1CNCc1ccnn1C.Cl. The summed E-state index contributed by atoms with van der Waals surface area (Å²) in [7, 11) is 1.96. The minimum absolute atomic E-state index is 0. The molecule has 100 valence electrons. The van der Waals surface area contributed by atoms with Crippen LogP contribution in [0, 0.1) is 0 Å². The van der Waals surface area contributed by atoms with Gasteiger partial charge in [-0.15, -0.1) is 12.4 Å². The van der Waals surface area contributed by atoms with E-state index in [1.807, 2.05) is 30.2 Å². The first kappa shape index (κ1) is 14.7. The van der Waals surface area contributed by atoms with Gasteiger partial charge in [-0.05, 0) is 18.6 Å². The predicted octanol–water partition coefficient (Wildman–Crippen LogP) is 1.74. The summed E-state index contributed by atoms with van der Waals surface area (Å²) in [5.41, 5.74) is 2.42. The van der Waals surface area contributed by atoms with Crippen LogP contribution in [0.3, 0.4) is 0 Å². The molecule has 0 aromatic carbocycles. The second-order valence-electron chi connectivity index (χ2n) is 4.10. The summed E-state index contributed by atoms with van der Waals surface area (Å²) in [5.74, 6) is 0. The van der Waals surface area contributed by atoms with Gasteiger partial charge in [-0.25, -0.2) is 0 Å². The first-order chi connectivity index (χ1) is 8.31. The zero-order valence-corrected chi connectivity index (χ0v) is 11.7. The maximum absolute atomic E-state index is 4.30. The van der Waals surface area contributed by atoms with Crippen LogP contribution in [0.1, 0.15) is 24.7 Å². The van der Waals surface area contributed by atoms with E-state index in [2.05, 4.69) is 33.2 Å². The van der Waals surface area contributed by atoms with Gasteiger partial charge in [0.25, 0.3) is 0 Å². The lowest BCUT2D eigenvalue weighted by molar-refractivity contribution is 0.542. The molecule has 2 heterocycles. The highest BCUT2D eigenvalue weighted by atomic mass is 35.5. The molecule has 1 N–H and O–H groups in total. The number of nitrogens with zero attached hydrogens (tertiary/aromatic N) is 4. The van der Waals surface area contributed by atoms with Gasteiger partial charge in [-0.1, -0.05) is 6.92 Å². The molecule has 0 spiro atoms. The maximum Gasteiger partial charge on any atom is 0.0522 e. The smallest absolute Gasteiger partial charge is 0.0522 e. The van der Waals surface area contributed by atoms with Crippen LogP contribution in [0.4, 0.5) is 0 Å². The molecule has 0 bridgehead atoms. The average Bonchev–Trinajstić information content (AvgIpc) is 2.90. The molecule has 0 aliphatic heterocycles. The van der Waals surface area contributed by atoms with Crippen molar-refractivity contribution >= 4 is 12.4 Å². The summed E-state index contributed by atoms with van der Waals surface area (Å²) >= 11 is 0. The fraction of sp³-hybridized carbons (Fsp3) is 0.500. The molecule has 0 saturated heterocycles. The van der Waals surface area contributed by atoms with Gasteiger partial charge < -0.3 is 5.32 Å².